The van der Waals surface area contributed by atoms with E-state index in [0.717, 1.165) is 28.3 Å². The molecular weight excluding hydrogens is 379 g/mol. The zero-order valence-electron chi connectivity index (χ0n) is 14.4. The summed E-state index contributed by atoms with van der Waals surface area (Å²) in [6.45, 7) is 1.84. The van der Waals surface area contributed by atoms with Crippen molar-refractivity contribution in [3.8, 4) is 0 Å². The number of rotatable bonds is 7. The number of amides is 1. The molecule has 2 aromatic rings. The average Bonchev–Trinajstić information content (AvgIpc) is 2.57. The van der Waals surface area contributed by atoms with E-state index in [2.05, 4.69) is 5.32 Å². The highest BCUT2D eigenvalue weighted by atomic mass is 35.5. The maximum absolute atomic E-state index is 13.1. The van der Waals surface area contributed by atoms with E-state index in [9.17, 15) is 17.6 Å². The molecule has 5 nitrogen and oxygen atoms in total. The van der Waals surface area contributed by atoms with Crippen molar-refractivity contribution in [1.82, 2.24) is 5.32 Å². The van der Waals surface area contributed by atoms with Crippen molar-refractivity contribution in [3.05, 3.63) is 64.9 Å². The molecule has 0 aliphatic heterocycles. The van der Waals surface area contributed by atoms with E-state index in [1.807, 2.05) is 12.1 Å². The molecule has 0 aromatic heterocycles. The molecule has 0 unspecified atom stereocenters. The van der Waals surface area contributed by atoms with Crippen LogP contribution in [0.15, 0.2) is 48.5 Å². The van der Waals surface area contributed by atoms with Gasteiger partial charge in [-0.3, -0.25) is 9.10 Å². The topological polar surface area (TPSA) is 66.5 Å². The molecule has 0 aliphatic carbocycles. The van der Waals surface area contributed by atoms with Crippen molar-refractivity contribution < 1.29 is 17.6 Å². The van der Waals surface area contributed by atoms with Crippen LogP contribution in [0, 0.1) is 5.82 Å². The van der Waals surface area contributed by atoms with Gasteiger partial charge in [-0.05, 0) is 55.3 Å². The van der Waals surface area contributed by atoms with Crippen molar-refractivity contribution in [1.29, 1.82) is 0 Å². The third kappa shape index (κ3) is 5.44. The SMILES string of the molecule is C[C@@H](C(=O)NCCc1ccc(Cl)cc1)N(c1ccc(F)cc1)S(C)(=O)=O. The number of nitrogens with one attached hydrogen (secondary N) is 1. The highest BCUT2D eigenvalue weighted by Gasteiger charge is 2.28. The second-order valence-electron chi connectivity index (χ2n) is 5.88. The largest absolute Gasteiger partial charge is 0.354 e. The number of carbonyl (C=O) groups excluding carboxylic acids is 1. The molecule has 0 saturated carbocycles. The number of carbonyl (C=O) groups is 1. The predicted molar refractivity (Wildman–Crippen MR) is 101 cm³/mol. The van der Waals surface area contributed by atoms with E-state index in [1.165, 1.54) is 19.1 Å². The summed E-state index contributed by atoms with van der Waals surface area (Å²) in [6, 6.07) is 11.2. The Bertz CT molecular complexity index is 855. The van der Waals surface area contributed by atoms with E-state index < -0.39 is 27.8 Å². The minimum Gasteiger partial charge on any atom is -0.354 e. The second kappa shape index (κ2) is 8.51. The van der Waals surface area contributed by atoms with Gasteiger partial charge >= 0.3 is 0 Å². The van der Waals surface area contributed by atoms with Gasteiger partial charge in [-0.2, -0.15) is 0 Å². The van der Waals surface area contributed by atoms with Crippen LogP contribution in [0.1, 0.15) is 12.5 Å². The van der Waals surface area contributed by atoms with Gasteiger partial charge in [0.05, 0.1) is 11.9 Å². The van der Waals surface area contributed by atoms with Crippen molar-refractivity contribution >= 4 is 33.2 Å². The Labute approximate surface area is 157 Å². The van der Waals surface area contributed by atoms with Crippen LogP contribution in [-0.4, -0.2) is 33.2 Å². The van der Waals surface area contributed by atoms with E-state index in [4.69, 9.17) is 11.6 Å². The molecule has 0 fully saturated rings. The number of anilines is 1. The van der Waals surface area contributed by atoms with Crippen molar-refractivity contribution in [2.45, 2.75) is 19.4 Å². The Balaban J connectivity index is 2.05. The highest BCUT2D eigenvalue weighted by molar-refractivity contribution is 7.92. The monoisotopic (exact) mass is 398 g/mol. The first-order valence-corrected chi connectivity index (χ1v) is 10.2. The molecule has 0 aliphatic rings. The van der Waals surface area contributed by atoms with Crippen LogP contribution < -0.4 is 9.62 Å². The average molecular weight is 399 g/mol. The Morgan fingerprint density at radius 3 is 2.27 bits per heavy atom. The minimum absolute atomic E-state index is 0.231. The molecular formula is C18H20ClFN2O3S. The quantitative estimate of drug-likeness (QED) is 0.779. The molecule has 1 atom stereocenters. The standard InChI is InChI=1S/C18H20ClFN2O3S/c1-13(18(23)21-12-11-14-3-5-15(19)6-4-14)22(26(2,24)25)17-9-7-16(20)8-10-17/h3-10,13H,11-12H2,1-2H3,(H,21,23)/t13-/m0/s1. The third-order valence-corrected chi connectivity index (χ3v) is 5.29. The first-order valence-electron chi connectivity index (χ1n) is 7.95. The summed E-state index contributed by atoms with van der Waals surface area (Å²) in [4.78, 5) is 12.4. The fourth-order valence-corrected chi connectivity index (χ4v) is 3.83. The van der Waals surface area contributed by atoms with E-state index in [1.54, 1.807) is 12.1 Å². The normalized spacial score (nSPS) is 12.5. The number of sulfonamides is 1. The molecule has 0 saturated heterocycles. The third-order valence-electron chi connectivity index (χ3n) is 3.80. The lowest BCUT2D eigenvalue weighted by Gasteiger charge is -2.28. The van der Waals surface area contributed by atoms with Crippen LogP contribution in [0.2, 0.25) is 5.02 Å². The lowest BCUT2D eigenvalue weighted by atomic mass is 10.1. The molecule has 140 valence electrons. The molecule has 0 radical (unpaired) electrons. The van der Waals surface area contributed by atoms with E-state index >= 15 is 0 Å². The maximum atomic E-state index is 13.1. The summed E-state index contributed by atoms with van der Waals surface area (Å²) in [5, 5.41) is 3.36. The Kier molecular flexibility index (Phi) is 6.61. The first-order chi connectivity index (χ1) is 12.2. The summed E-state index contributed by atoms with van der Waals surface area (Å²) in [6.07, 6.45) is 1.60. The number of hydrogen-bond acceptors (Lipinski definition) is 3. The van der Waals surface area contributed by atoms with Gasteiger partial charge in [0.25, 0.3) is 0 Å². The van der Waals surface area contributed by atoms with Gasteiger partial charge in [0.2, 0.25) is 15.9 Å². The van der Waals surface area contributed by atoms with Gasteiger partial charge in [-0.15, -0.1) is 0 Å². The fourth-order valence-electron chi connectivity index (χ4n) is 2.53. The van der Waals surface area contributed by atoms with Gasteiger partial charge in [0.15, 0.2) is 0 Å². The number of nitrogens with zero attached hydrogens (tertiary/aromatic N) is 1. The molecule has 8 heteroatoms. The van der Waals surface area contributed by atoms with Gasteiger partial charge in [0, 0.05) is 11.6 Å². The smallest absolute Gasteiger partial charge is 0.243 e. The zero-order chi connectivity index (χ0) is 19.3. The minimum atomic E-state index is -3.72. The molecule has 2 rings (SSSR count). The van der Waals surface area contributed by atoms with Crippen LogP contribution in [0.5, 0.6) is 0 Å². The summed E-state index contributed by atoms with van der Waals surface area (Å²) >= 11 is 5.83. The maximum Gasteiger partial charge on any atom is 0.243 e. The van der Waals surface area contributed by atoms with Crippen molar-refractivity contribution in [2.75, 3.05) is 17.1 Å². The van der Waals surface area contributed by atoms with Crippen LogP contribution in [0.25, 0.3) is 0 Å². The van der Waals surface area contributed by atoms with Gasteiger partial charge in [-0.25, -0.2) is 12.8 Å². The predicted octanol–water partition coefficient (Wildman–Crippen LogP) is 2.99. The molecule has 26 heavy (non-hydrogen) atoms. The highest BCUT2D eigenvalue weighted by Crippen LogP contribution is 2.21. The number of hydrogen-bond donors (Lipinski definition) is 1. The van der Waals surface area contributed by atoms with E-state index in [-0.39, 0.29) is 5.69 Å². The summed E-state index contributed by atoms with van der Waals surface area (Å²) < 4.78 is 38.3. The van der Waals surface area contributed by atoms with Crippen molar-refractivity contribution in [3.63, 3.8) is 0 Å². The van der Waals surface area contributed by atoms with Crippen molar-refractivity contribution in [2.24, 2.45) is 0 Å². The summed E-state index contributed by atoms with van der Waals surface area (Å²) in [5.74, 6) is -0.920. The lowest BCUT2D eigenvalue weighted by molar-refractivity contribution is -0.121. The zero-order valence-corrected chi connectivity index (χ0v) is 16.0. The lowest BCUT2D eigenvalue weighted by Crippen LogP contribution is -2.48. The first kappa shape index (κ1) is 20.2. The van der Waals surface area contributed by atoms with Crippen LogP contribution in [0.4, 0.5) is 10.1 Å². The van der Waals surface area contributed by atoms with Gasteiger partial charge in [-0.1, -0.05) is 23.7 Å². The molecule has 2 aromatic carbocycles. The van der Waals surface area contributed by atoms with Crippen LogP contribution in [0.3, 0.4) is 0 Å². The molecule has 0 spiro atoms. The number of benzene rings is 2. The van der Waals surface area contributed by atoms with Crippen LogP contribution >= 0.6 is 11.6 Å². The fraction of sp³-hybridized carbons (Fsp3) is 0.278. The Hall–Kier alpha value is -2.12. The molecule has 1 N–H and O–H groups in total. The van der Waals surface area contributed by atoms with Gasteiger partial charge < -0.3 is 5.32 Å². The molecule has 1 amide bonds. The van der Waals surface area contributed by atoms with E-state index in [0.29, 0.717) is 18.0 Å². The summed E-state index contributed by atoms with van der Waals surface area (Å²) in [5.41, 5.74) is 1.23. The van der Waals surface area contributed by atoms with Gasteiger partial charge in [0.1, 0.15) is 11.9 Å². The molecule has 0 bridgehead atoms. The Morgan fingerprint density at radius 2 is 1.73 bits per heavy atom. The second-order valence-corrected chi connectivity index (χ2v) is 8.17. The number of halogens is 2. The Morgan fingerprint density at radius 1 is 1.15 bits per heavy atom. The van der Waals surface area contributed by atoms with Crippen LogP contribution in [-0.2, 0) is 21.2 Å². The summed E-state index contributed by atoms with van der Waals surface area (Å²) in [7, 11) is -3.72. The molecule has 0 heterocycles.